The van der Waals surface area contributed by atoms with Crippen LogP contribution in [0.25, 0.3) is 0 Å². The number of hydrogen-bond acceptors (Lipinski definition) is 5. The van der Waals surface area contributed by atoms with Crippen molar-refractivity contribution >= 4 is 52.4 Å². The van der Waals surface area contributed by atoms with Crippen molar-refractivity contribution < 1.29 is 28.3 Å². The molecule has 2 unspecified atom stereocenters. The Bertz CT molecular complexity index is 1130. The number of hydrogen-bond donors (Lipinski definition) is 2. The monoisotopic (exact) mass is 488 g/mol. The number of anilines is 3. The Hall–Kier alpha value is -3.50. The molecule has 2 aromatic rings. The Morgan fingerprint density at radius 3 is 2.35 bits per heavy atom. The third-order valence-corrected chi connectivity index (χ3v) is 6.03. The summed E-state index contributed by atoms with van der Waals surface area (Å²) in [6.07, 6.45) is 0.0169. The number of methoxy groups -OCH3 is 1. The SMILES string of the molecule is COC1CC(C(=O)Nc2ccc(N3C(=O)CCC3=O)cc2F)N(C(=O)Nc2ccc(Cl)cc2)C1. The van der Waals surface area contributed by atoms with Crippen LogP contribution in [0.1, 0.15) is 19.3 Å². The van der Waals surface area contributed by atoms with Crippen LogP contribution >= 0.6 is 11.6 Å². The van der Waals surface area contributed by atoms with Crippen molar-refractivity contribution in [3.8, 4) is 0 Å². The van der Waals surface area contributed by atoms with E-state index in [-0.39, 0.29) is 43.3 Å². The van der Waals surface area contributed by atoms with E-state index in [0.717, 1.165) is 11.0 Å². The highest BCUT2D eigenvalue weighted by Gasteiger charge is 2.40. The second-order valence-electron chi connectivity index (χ2n) is 7.97. The molecule has 0 radical (unpaired) electrons. The van der Waals surface area contributed by atoms with Crippen LogP contribution < -0.4 is 15.5 Å². The molecule has 5 amide bonds. The first kappa shape index (κ1) is 23.7. The van der Waals surface area contributed by atoms with Crippen molar-refractivity contribution in [2.45, 2.75) is 31.4 Å². The van der Waals surface area contributed by atoms with Crippen LogP contribution in [0.4, 0.5) is 26.2 Å². The average Bonchev–Trinajstić information content (AvgIpc) is 3.40. The van der Waals surface area contributed by atoms with Gasteiger partial charge in [0.1, 0.15) is 11.9 Å². The van der Waals surface area contributed by atoms with Crippen molar-refractivity contribution in [3.05, 3.63) is 53.3 Å². The molecule has 34 heavy (non-hydrogen) atoms. The van der Waals surface area contributed by atoms with Crippen molar-refractivity contribution in [1.82, 2.24) is 4.90 Å². The minimum absolute atomic E-state index is 0.0786. The molecule has 9 nitrogen and oxygen atoms in total. The number of rotatable bonds is 5. The molecule has 2 aliphatic heterocycles. The molecule has 178 valence electrons. The van der Waals surface area contributed by atoms with E-state index >= 15 is 0 Å². The number of likely N-dealkylation sites (tertiary alicyclic amines) is 1. The lowest BCUT2D eigenvalue weighted by Gasteiger charge is -2.24. The van der Waals surface area contributed by atoms with E-state index in [0.29, 0.717) is 10.7 Å². The van der Waals surface area contributed by atoms with Crippen molar-refractivity contribution in [2.75, 3.05) is 29.2 Å². The number of carbonyl (C=O) groups is 4. The summed E-state index contributed by atoms with van der Waals surface area (Å²) in [5.41, 5.74) is 0.473. The molecular weight excluding hydrogens is 467 g/mol. The molecule has 4 rings (SSSR count). The number of benzene rings is 2. The molecule has 0 aromatic heterocycles. The average molecular weight is 489 g/mol. The first-order valence-corrected chi connectivity index (χ1v) is 11.0. The Morgan fingerprint density at radius 2 is 1.74 bits per heavy atom. The van der Waals surface area contributed by atoms with Crippen molar-refractivity contribution in [3.63, 3.8) is 0 Å². The second kappa shape index (κ2) is 9.78. The van der Waals surface area contributed by atoms with Gasteiger partial charge in [-0.2, -0.15) is 0 Å². The Morgan fingerprint density at radius 1 is 1.06 bits per heavy atom. The van der Waals surface area contributed by atoms with Crippen LogP contribution in [0.3, 0.4) is 0 Å². The van der Waals surface area contributed by atoms with Gasteiger partial charge in [-0.25, -0.2) is 9.18 Å². The summed E-state index contributed by atoms with van der Waals surface area (Å²) in [6, 6.07) is 8.78. The molecule has 0 saturated carbocycles. The predicted octanol–water partition coefficient (Wildman–Crippen LogP) is 3.39. The molecule has 0 spiro atoms. The molecule has 2 heterocycles. The van der Waals surface area contributed by atoms with Gasteiger partial charge in [0.15, 0.2) is 0 Å². The van der Waals surface area contributed by atoms with Crippen LogP contribution in [0.5, 0.6) is 0 Å². The third-order valence-electron chi connectivity index (χ3n) is 5.78. The first-order valence-electron chi connectivity index (χ1n) is 10.6. The van der Waals surface area contributed by atoms with Gasteiger partial charge >= 0.3 is 6.03 Å². The van der Waals surface area contributed by atoms with E-state index in [1.807, 2.05) is 0 Å². The van der Waals surface area contributed by atoms with Gasteiger partial charge in [-0.1, -0.05) is 11.6 Å². The van der Waals surface area contributed by atoms with Crippen LogP contribution in [-0.4, -0.2) is 54.5 Å². The molecule has 2 atom stereocenters. The van der Waals surface area contributed by atoms with Crippen molar-refractivity contribution in [1.29, 1.82) is 0 Å². The summed E-state index contributed by atoms with van der Waals surface area (Å²) in [7, 11) is 1.49. The minimum Gasteiger partial charge on any atom is -0.380 e. The third kappa shape index (κ3) is 4.87. The summed E-state index contributed by atoms with van der Waals surface area (Å²) in [5, 5.41) is 5.72. The fraction of sp³-hybridized carbons (Fsp3) is 0.304. The van der Waals surface area contributed by atoms with Gasteiger partial charge in [-0.15, -0.1) is 0 Å². The summed E-state index contributed by atoms with van der Waals surface area (Å²) in [4.78, 5) is 51.9. The van der Waals surface area contributed by atoms with Gasteiger partial charge in [-0.3, -0.25) is 19.3 Å². The normalized spacial score (nSPS) is 20.1. The number of halogens is 2. The zero-order valence-electron chi connectivity index (χ0n) is 18.2. The number of imide groups is 1. The van der Waals surface area contributed by atoms with E-state index < -0.39 is 35.6 Å². The zero-order chi connectivity index (χ0) is 24.4. The Kier molecular flexibility index (Phi) is 6.80. The maximum atomic E-state index is 14.7. The number of ether oxygens (including phenoxy) is 1. The van der Waals surface area contributed by atoms with Gasteiger partial charge in [-0.05, 0) is 36.4 Å². The quantitative estimate of drug-likeness (QED) is 0.627. The molecule has 0 bridgehead atoms. The first-order chi connectivity index (χ1) is 16.3. The second-order valence-corrected chi connectivity index (χ2v) is 8.41. The molecular formula is C23H22ClFN4O5. The van der Waals surface area contributed by atoms with E-state index in [1.54, 1.807) is 24.3 Å². The van der Waals surface area contributed by atoms with Gasteiger partial charge in [0.2, 0.25) is 17.7 Å². The summed E-state index contributed by atoms with van der Waals surface area (Å²) in [5.74, 6) is -2.21. The van der Waals surface area contributed by atoms with E-state index in [4.69, 9.17) is 16.3 Å². The van der Waals surface area contributed by atoms with Crippen molar-refractivity contribution in [2.24, 2.45) is 0 Å². The standard InChI is InChI=1S/C23H22ClFN4O5/c1-34-16-11-19(28(12-16)23(33)26-14-4-2-13(24)3-5-14)22(32)27-18-7-6-15(10-17(18)25)29-20(30)8-9-21(29)31/h2-7,10,16,19H,8-9,11-12H2,1H3,(H,26,33)(H,27,32). The number of amides is 5. The zero-order valence-corrected chi connectivity index (χ0v) is 19.0. The molecule has 2 aliphatic rings. The fourth-order valence-corrected chi connectivity index (χ4v) is 4.12. The van der Waals surface area contributed by atoms with Crippen LogP contribution in [0, 0.1) is 5.82 Å². The van der Waals surface area contributed by atoms with Gasteiger partial charge < -0.3 is 20.3 Å². The topological polar surface area (TPSA) is 108 Å². The number of urea groups is 1. The van der Waals surface area contributed by atoms with Gasteiger partial charge in [0.05, 0.1) is 17.5 Å². The smallest absolute Gasteiger partial charge is 0.322 e. The van der Waals surface area contributed by atoms with Gasteiger partial charge in [0.25, 0.3) is 0 Å². The lowest BCUT2D eigenvalue weighted by molar-refractivity contribution is -0.121. The van der Waals surface area contributed by atoms with Gasteiger partial charge in [0, 0.05) is 49.7 Å². The molecule has 2 aromatic carbocycles. The maximum Gasteiger partial charge on any atom is 0.322 e. The summed E-state index contributed by atoms with van der Waals surface area (Å²) in [6.45, 7) is 0.175. The van der Waals surface area contributed by atoms with Crippen LogP contribution in [0.15, 0.2) is 42.5 Å². The highest BCUT2D eigenvalue weighted by molar-refractivity contribution is 6.30. The molecule has 2 fully saturated rings. The fourth-order valence-electron chi connectivity index (χ4n) is 3.99. The van der Waals surface area contributed by atoms with E-state index in [9.17, 15) is 23.6 Å². The molecule has 2 N–H and O–H groups in total. The Balaban J connectivity index is 1.48. The van der Waals surface area contributed by atoms with E-state index in [1.165, 1.54) is 24.1 Å². The van der Waals surface area contributed by atoms with Crippen LogP contribution in [0.2, 0.25) is 5.02 Å². The minimum atomic E-state index is -0.905. The molecule has 0 aliphatic carbocycles. The summed E-state index contributed by atoms with van der Waals surface area (Å²) >= 11 is 5.87. The number of carbonyl (C=O) groups excluding carboxylic acids is 4. The predicted molar refractivity (Wildman–Crippen MR) is 123 cm³/mol. The number of nitrogens with one attached hydrogen (secondary N) is 2. The summed E-state index contributed by atoms with van der Waals surface area (Å²) < 4.78 is 20.1. The maximum absolute atomic E-state index is 14.7. The van der Waals surface area contributed by atoms with Crippen LogP contribution in [-0.2, 0) is 19.1 Å². The van der Waals surface area contributed by atoms with E-state index in [2.05, 4.69) is 10.6 Å². The highest BCUT2D eigenvalue weighted by Crippen LogP contribution is 2.28. The number of nitrogens with zero attached hydrogens (tertiary/aromatic N) is 2. The highest BCUT2D eigenvalue weighted by atomic mass is 35.5. The Labute approximate surface area is 199 Å². The lowest BCUT2D eigenvalue weighted by atomic mass is 10.1. The molecule has 2 saturated heterocycles. The lowest BCUT2D eigenvalue weighted by Crippen LogP contribution is -2.45. The largest absolute Gasteiger partial charge is 0.380 e. The molecule has 11 heteroatoms.